The molecule has 0 amide bonds. The van der Waals surface area contributed by atoms with Gasteiger partial charge in [0.15, 0.2) is 5.40 Å². The first kappa shape index (κ1) is 24.5. The fourth-order valence-electron chi connectivity index (χ4n) is 2.35. The molecule has 0 spiro atoms. The molecule has 0 saturated heterocycles. The van der Waals surface area contributed by atoms with E-state index in [0.29, 0.717) is 0 Å². The molecule has 8 heteroatoms. The van der Waals surface area contributed by atoms with E-state index in [1.807, 2.05) is 6.92 Å². The molecule has 146 valence electrons. The van der Waals surface area contributed by atoms with E-state index in [9.17, 15) is 9.13 Å². The van der Waals surface area contributed by atoms with Crippen molar-refractivity contribution in [2.24, 2.45) is 0 Å². The van der Waals surface area contributed by atoms with Gasteiger partial charge in [-0.25, -0.2) is 0 Å². The molecule has 0 aliphatic carbocycles. The maximum Gasteiger partial charge on any atom is 0.340 e. The van der Waals surface area contributed by atoms with Crippen LogP contribution in [0.1, 0.15) is 66.2 Å². The Balaban J connectivity index is 4.40. The van der Waals surface area contributed by atoms with Gasteiger partial charge in [0.1, 0.15) is 0 Å². The van der Waals surface area contributed by atoms with E-state index in [0.717, 1.165) is 31.3 Å². The lowest BCUT2D eigenvalue weighted by atomic mass is 10.1. The third-order valence-electron chi connectivity index (χ3n) is 3.82. The molecule has 4 N–H and O–H groups in total. The van der Waals surface area contributed by atoms with E-state index in [1.54, 1.807) is 6.08 Å². The molecular weight excluding hydrogens is 362 g/mol. The fraction of sp³-hybridized carbons (Fsp3) is 0.647. The minimum atomic E-state index is -4.82. The lowest BCUT2D eigenvalue weighted by molar-refractivity contribution is 0.335. The van der Waals surface area contributed by atoms with Gasteiger partial charge < -0.3 is 19.6 Å². The fourth-order valence-corrected chi connectivity index (χ4v) is 4.89. The summed E-state index contributed by atoms with van der Waals surface area (Å²) in [5, 5.41) is -1.92. The van der Waals surface area contributed by atoms with Gasteiger partial charge in [0.2, 0.25) is 0 Å². The van der Waals surface area contributed by atoms with E-state index in [4.69, 9.17) is 19.6 Å². The van der Waals surface area contributed by atoms with Gasteiger partial charge in [-0.15, -0.1) is 0 Å². The lowest BCUT2D eigenvalue weighted by Gasteiger charge is -2.18. The second-order valence-corrected chi connectivity index (χ2v) is 10.7. The van der Waals surface area contributed by atoms with E-state index in [-0.39, 0.29) is 12.8 Å². The first-order chi connectivity index (χ1) is 11.3. The molecule has 0 aromatic heterocycles. The van der Waals surface area contributed by atoms with Crippen molar-refractivity contribution in [2.75, 3.05) is 0 Å². The van der Waals surface area contributed by atoms with Crippen LogP contribution in [0.25, 0.3) is 0 Å². The summed E-state index contributed by atoms with van der Waals surface area (Å²) >= 11 is 0. The zero-order valence-electron chi connectivity index (χ0n) is 15.6. The van der Waals surface area contributed by atoms with E-state index in [2.05, 4.69) is 32.9 Å². The molecule has 0 aromatic carbocycles. The third-order valence-corrected chi connectivity index (χ3v) is 7.69. The summed E-state index contributed by atoms with van der Waals surface area (Å²) in [6, 6.07) is 0. The molecule has 0 aliphatic heterocycles. The standard InChI is InChI=1S/C17H32O6P2/c1-14(2)8-5-9-15(3)10-6-11-16(4)12-7-13-17(24(18,19)20)25(21,22)23/h8,10,12,17H,5-7,9,11,13H2,1-4H3,(H2,18,19,20)(H2,21,22,23)/b15-10+,16-12+. The van der Waals surface area contributed by atoms with Crippen molar-refractivity contribution in [1.29, 1.82) is 0 Å². The SMILES string of the molecule is CC(C)=CCC/C(C)=C/CC/C(C)=C/CCC(P(=O)(O)O)P(=O)(O)O. The second-order valence-electron chi connectivity index (χ2n) is 6.70. The second kappa shape index (κ2) is 11.3. The molecule has 0 saturated carbocycles. The van der Waals surface area contributed by atoms with Crippen LogP contribution in [0, 0.1) is 0 Å². The molecular formula is C17H32O6P2. The largest absolute Gasteiger partial charge is 0.340 e. The van der Waals surface area contributed by atoms with Crippen LogP contribution in [0.15, 0.2) is 34.9 Å². The summed E-state index contributed by atoms with van der Waals surface area (Å²) in [7, 11) is -9.63. The Bertz CT molecular complexity index is 568. The van der Waals surface area contributed by atoms with E-state index in [1.165, 1.54) is 11.1 Å². The van der Waals surface area contributed by atoms with Crippen LogP contribution in [0.2, 0.25) is 0 Å². The quantitative estimate of drug-likeness (QED) is 0.294. The lowest BCUT2D eigenvalue weighted by Crippen LogP contribution is -2.08. The minimum Gasteiger partial charge on any atom is -0.324 e. The normalized spacial score (nSPS) is 14.1. The highest BCUT2D eigenvalue weighted by Gasteiger charge is 2.42. The van der Waals surface area contributed by atoms with Crippen molar-refractivity contribution >= 4 is 15.2 Å². The van der Waals surface area contributed by atoms with Crippen molar-refractivity contribution in [2.45, 2.75) is 71.6 Å². The van der Waals surface area contributed by atoms with E-state index >= 15 is 0 Å². The van der Waals surface area contributed by atoms with Gasteiger partial charge in [-0.3, -0.25) is 9.13 Å². The Kier molecular flexibility index (Phi) is 11.1. The average molecular weight is 394 g/mol. The molecule has 0 atom stereocenters. The topological polar surface area (TPSA) is 115 Å². The maximum absolute atomic E-state index is 11.2. The van der Waals surface area contributed by atoms with Crippen molar-refractivity contribution in [3.05, 3.63) is 34.9 Å². The molecule has 0 radical (unpaired) electrons. The number of allylic oxidation sites excluding steroid dienone is 6. The van der Waals surface area contributed by atoms with Crippen LogP contribution in [0.5, 0.6) is 0 Å². The van der Waals surface area contributed by atoms with Crippen LogP contribution in [0.3, 0.4) is 0 Å². The number of hydrogen-bond donors (Lipinski definition) is 4. The van der Waals surface area contributed by atoms with Crippen LogP contribution in [-0.4, -0.2) is 25.0 Å². The number of rotatable bonds is 11. The summed E-state index contributed by atoms with van der Waals surface area (Å²) in [4.78, 5) is 36.3. The first-order valence-electron chi connectivity index (χ1n) is 8.39. The smallest absolute Gasteiger partial charge is 0.324 e. The highest BCUT2D eigenvalue weighted by molar-refractivity contribution is 7.70. The molecule has 0 aromatic rings. The first-order valence-corrected chi connectivity index (χ1v) is 11.8. The zero-order chi connectivity index (χ0) is 19.7. The summed E-state index contributed by atoms with van der Waals surface area (Å²) in [6.07, 6.45) is 9.95. The molecule has 0 unspecified atom stereocenters. The van der Waals surface area contributed by atoms with Gasteiger partial charge in [-0.2, -0.15) is 0 Å². The summed E-state index contributed by atoms with van der Waals surface area (Å²) in [5.74, 6) is 0. The van der Waals surface area contributed by atoms with Crippen LogP contribution in [-0.2, 0) is 9.13 Å². The Hall–Kier alpha value is -0.480. The van der Waals surface area contributed by atoms with Crippen LogP contribution >= 0.6 is 15.2 Å². The monoisotopic (exact) mass is 394 g/mol. The Morgan fingerprint density at radius 2 is 1.16 bits per heavy atom. The number of hydrogen-bond acceptors (Lipinski definition) is 2. The zero-order valence-corrected chi connectivity index (χ0v) is 17.3. The Morgan fingerprint density at radius 3 is 1.56 bits per heavy atom. The molecule has 0 bridgehead atoms. The molecule has 6 nitrogen and oxygen atoms in total. The van der Waals surface area contributed by atoms with Gasteiger partial charge in [0.05, 0.1) is 0 Å². The summed E-state index contributed by atoms with van der Waals surface area (Å²) in [6.45, 7) is 8.17. The summed E-state index contributed by atoms with van der Waals surface area (Å²) < 4.78 is 22.4. The maximum atomic E-state index is 11.2. The van der Waals surface area contributed by atoms with E-state index < -0.39 is 20.6 Å². The van der Waals surface area contributed by atoms with Gasteiger partial charge >= 0.3 is 15.2 Å². The predicted octanol–water partition coefficient (Wildman–Crippen LogP) is 4.87. The highest BCUT2D eigenvalue weighted by atomic mass is 31.2. The average Bonchev–Trinajstić information content (AvgIpc) is 2.40. The van der Waals surface area contributed by atoms with Crippen molar-refractivity contribution in [3.63, 3.8) is 0 Å². The van der Waals surface area contributed by atoms with Gasteiger partial charge in [-0.05, 0) is 66.2 Å². The predicted molar refractivity (Wildman–Crippen MR) is 103 cm³/mol. The third kappa shape index (κ3) is 12.5. The molecule has 0 aliphatic rings. The van der Waals surface area contributed by atoms with Crippen molar-refractivity contribution < 1.29 is 28.7 Å². The van der Waals surface area contributed by atoms with Crippen molar-refractivity contribution in [1.82, 2.24) is 0 Å². The van der Waals surface area contributed by atoms with Crippen molar-refractivity contribution in [3.8, 4) is 0 Å². The Morgan fingerprint density at radius 1 is 0.760 bits per heavy atom. The highest BCUT2D eigenvalue weighted by Crippen LogP contribution is 2.61. The van der Waals surface area contributed by atoms with Gasteiger partial charge in [0, 0.05) is 0 Å². The molecule has 0 heterocycles. The van der Waals surface area contributed by atoms with Crippen LogP contribution < -0.4 is 0 Å². The van der Waals surface area contributed by atoms with Gasteiger partial charge in [0.25, 0.3) is 0 Å². The molecule has 0 fully saturated rings. The van der Waals surface area contributed by atoms with Crippen LogP contribution in [0.4, 0.5) is 0 Å². The van der Waals surface area contributed by atoms with Gasteiger partial charge in [-0.1, -0.05) is 34.9 Å². The molecule has 0 rings (SSSR count). The minimum absolute atomic E-state index is 0.232. The summed E-state index contributed by atoms with van der Waals surface area (Å²) in [5.41, 5.74) is 3.69. The molecule has 25 heavy (non-hydrogen) atoms. The Labute approximate surface area is 151 Å².